The highest BCUT2D eigenvalue weighted by Gasteiger charge is 2.38. The molecule has 0 aliphatic carbocycles. The summed E-state index contributed by atoms with van der Waals surface area (Å²) in [5.41, 5.74) is 0. The molecule has 6 nitrogen and oxygen atoms in total. The molecule has 24 heavy (non-hydrogen) atoms. The second-order valence-electron chi connectivity index (χ2n) is 7.64. The molecular weight excluding hydrogens is 308 g/mol. The van der Waals surface area contributed by atoms with Gasteiger partial charge in [0.2, 0.25) is 5.91 Å². The number of ether oxygens (including phenoxy) is 3. The molecule has 4 fully saturated rings. The zero-order valence-corrected chi connectivity index (χ0v) is 14.5. The number of hydrogen-bond donors (Lipinski definition) is 0. The molecule has 4 heterocycles. The maximum atomic E-state index is 12.6. The largest absolute Gasteiger partial charge is 0.381 e. The fraction of sp³-hybridized carbons (Fsp3) is 0.944. The Labute approximate surface area is 144 Å². The molecule has 3 unspecified atom stereocenters. The number of nitrogens with zero attached hydrogens (tertiary/aromatic N) is 2. The highest BCUT2D eigenvalue weighted by Crippen LogP contribution is 2.28. The van der Waals surface area contributed by atoms with Crippen molar-refractivity contribution >= 4 is 5.91 Å². The van der Waals surface area contributed by atoms with Crippen molar-refractivity contribution in [2.45, 2.75) is 37.8 Å². The number of likely N-dealkylation sites (tertiary alicyclic amines) is 1. The first-order chi connectivity index (χ1) is 11.8. The van der Waals surface area contributed by atoms with Gasteiger partial charge in [0.15, 0.2) is 0 Å². The third-order valence-corrected chi connectivity index (χ3v) is 6.17. The van der Waals surface area contributed by atoms with E-state index in [1.807, 2.05) is 4.90 Å². The summed E-state index contributed by atoms with van der Waals surface area (Å²) in [6.07, 6.45) is 4.42. The molecule has 0 aromatic heterocycles. The molecule has 0 aromatic rings. The number of carbonyl (C=O) groups excluding carboxylic acids is 1. The predicted molar refractivity (Wildman–Crippen MR) is 88.8 cm³/mol. The lowest BCUT2D eigenvalue weighted by Crippen LogP contribution is -2.51. The Hall–Kier alpha value is -0.690. The van der Waals surface area contributed by atoms with Crippen LogP contribution in [0.2, 0.25) is 0 Å². The Morgan fingerprint density at radius 2 is 1.71 bits per heavy atom. The minimum Gasteiger partial charge on any atom is -0.381 e. The first-order valence-corrected chi connectivity index (χ1v) is 9.61. The number of hydrogen-bond acceptors (Lipinski definition) is 5. The van der Waals surface area contributed by atoms with Crippen LogP contribution in [0.15, 0.2) is 0 Å². The molecule has 0 saturated carbocycles. The molecule has 0 bridgehead atoms. The molecule has 4 aliphatic rings. The van der Waals surface area contributed by atoms with E-state index < -0.39 is 0 Å². The third-order valence-electron chi connectivity index (χ3n) is 6.17. The number of carbonyl (C=O) groups is 1. The molecule has 0 aromatic carbocycles. The molecule has 0 spiro atoms. The van der Waals surface area contributed by atoms with Crippen LogP contribution in [0, 0.1) is 11.8 Å². The zero-order valence-electron chi connectivity index (χ0n) is 14.5. The van der Waals surface area contributed by atoms with Crippen molar-refractivity contribution in [1.82, 2.24) is 9.80 Å². The maximum Gasteiger partial charge on any atom is 0.228 e. The van der Waals surface area contributed by atoms with Crippen LogP contribution in [0.5, 0.6) is 0 Å². The van der Waals surface area contributed by atoms with Crippen LogP contribution in [0.1, 0.15) is 25.7 Å². The van der Waals surface area contributed by atoms with Gasteiger partial charge in [-0.3, -0.25) is 9.69 Å². The Balaban J connectivity index is 1.34. The van der Waals surface area contributed by atoms with Gasteiger partial charge in [0.25, 0.3) is 0 Å². The molecular formula is C18H30N2O4. The Bertz CT molecular complexity index is 435. The van der Waals surface area contributed by atoms with E-state index in [0.717, 1.165) is 78.3 Å². The topological polar surface area (TPSA) is 51.2 Å². The fourth-order valence-electron chi connectivity index (χ4n) is 4.65. The summed E-state index contributed by atoms with van der Waals surface area (Å²) in [6.45, 7) is 7.67. The van der Waals surface area contributed by atoms with E-state index in [1.165, 1.54) is 0 Å². The fourth-order valence-corrected chi connectivity index (χ4v) is 4.65. The first-order valence-electron chi connectivity index (χ1n) is 9.61. The predicted octanol–water partition coefficient (Wildman–Crippen LogP) is 0.751. The lowest BCUT2D eigenvalue weighted by atomic mass is 9.91. The number of amides is 1. The van der Waals surface area contributed by atoms with Crippen LogP contribution >= 0.6 is 0 Å². The summed E-state index contributed by atoms with van der Waals surface area (Å²) in [6, 6.07) is 0.649. The smallest absolute Gasteiger partial charge is 0.228 e. The molecule has 0 radical (unpaired) electrons. The van der Waals surface area contributed by atoms with Crippen LogP contribution < -0.4 is 0 Å². The van der Waals surface area contributed by atoms with Crippen LogP contribution in [0.3, 0.4) is 0 Å². The lowest BCUT2D eigenvalue weighted by molar-refractivity contribution is -0.141. The van der Waals surface area contributed by atoms with Crippen molar-refractivity contribution in [2.75, 3.05) is 59.2 Å². The van der Waals surface area contributed by atoms with Crippen molar-refractivity contribution in [3.05, 3.63) is 0 Å². The van der Waals surface area contributed by atoms with Crippen molar-refractivity contribution in [3.8, 4) is 0 Å². The molecule has 6 heteroatoms. The molecule has 1 amide bonds. The van der Waals surface area contributed by atoms with Gasteiger partial charge >= 0.3 is 0 Å². The van der Waals surface area contributed by atoms with Crippen LogP contribution in [0.25, 0.3) is 0 Å². The van der Waals surface area contributed by atoms with E-state index in [1.54, 1.807) is 0 Å². The van der Waals surface area contributed by atoms with E-state index >= 15 is 0 Å². The number of rotatable bonds is 2. The van der Waals surface area contributed by atoms with Gasteiger partial charge in [0.05, 0.1) is 25.2 Å². The number of piperidine rings is 1. The summed E-state index contributed by atoms with van der Waals surface area (Å²) in [4.78, 5) is 17.3. The Kier molecular flexibility index (Phi) is 5.37. The standard InChI is InChI=1S/C18H30N2O4/c21-18(15-2-7-23-13-15)20-5-1-14-11-19(6-10-24-17(14)12-20)16-3-8-22-9-4-16/h14-17H,1-13H2. The Morgan fingerprint density at radius 3 is 2.50 bits per heavy atom. The number of fused-ring (bicyclic) bond motifs is 1. The molecule has 4 rings (SSSR count). The first kappa shape index (κ1) is 16.8. The van der Waals surface area contributed by atoms with Gasteiger partial charge in [-0.15, -0.1) is 0 Å². The van der Waals surface area contributed by atoms with E-state index in [2.05, 4.69) is 4.90 Å². The quantitative estimate of drug-likeness (QED) is 0.744. The monoisotopic (exact) mass is 338 g/mol. The van der Waals surface area contributed by atoms with E-state index in [-0.39, 0.29) is 17.9 Å². The van der Waals surface area contributed by atoms with Gasteiger partial charge in [0, 0.05) is 58.0 Å². The molecule has 4 aliphatic heterocycles. The summed E-state index contributed by atoms with van der Waals surface area (Å²) in [5, 5.41) is 0. The third kappa shape index (κ3) is 3.62. The van der Waals surface area contributed by atoms with Gasteiger partial charge in [-0.25, -0.2) is 0 Å². The van der Waals surface area contributed by atoms with Crippen molar-refractivity contribution in [1.29, 1.82) is 0 Å². The normalized spacial score (nSPS) is 36.3. The average molecular weight is 338 g/mol. The highest BCUT2D eigenvalue weighted by atomic mass is 16.5. The second kappa shape index (κ2) is 7.68. The Morgan fingerprint density at radius 1 is 0.875 bits per heavy atom. The maximum absolute atomic E-state index is 12.6. The lowest BCUT2D eigenvalue weighted by Gasteiger charge is -2.40. The summed E-state index contributed by atoms with van der Waals surface area (Å²) in [5.74, 6) is 0.908. The minimum absolute atomic E-state index is 0.0751. The molecule has 3 atom stereocenters. The molecule has 0 N–H and O–H groups in total. The van der Waals surface area contributed by atoms with Crippen LogP contribution in [-0.4, -0.2) is 87.1 Å². The molecule has 4 saturated heterocycles. The van der Waals surface area contributed by atoms with Gasteiger partial charge in [-0.1, -0.05) is 0 Å². The van der Waals surface area contributed by atoms with E-state index in [0.29, 0.717) is 18.6 Å². The SMILES string of the molecule is O=C(C1CCOC1)N1CCC2CN(C3CCOCC3)CCOC2C1. The minimum atomic E-state index is 0.0751. The van der Waals surface area contributed by atoms with Gasteiger partial charge in [-0.05, 0) is 25.7 Å². The van der Waals surface area contributed by atoms with Gasteiger partial charge in [0.1, 0.15) is 0 Å². The van der Waals surface area contributed by atoms with E-state index in [4.69, 9.17) is 14.2 Å². The van der Waals surface area contributed by atoms with Crippen molar-refractivity contribution in [2.24, 2.45) is 11.8 Å². The summed E-state index contributed by atoms with van der Waals surface area (Å²) < 4.78 is 17.1. The van der Waals surface area contributed by atoms with E-state index in [9.17, 15) is 4.79 Å². The van der Waals surface area contributed by atoms with Crippen LogP contribution in [-0.2, 0) is 19.0 Å². The summed E-state index contributed by atoms with van der Waals surface area (Å²) in [7, 11) is 0. The van der Waals surface area contributed by atoms with Gasteiger partial charge < -0.3 is 19.1 Å². The second-order valence-corrected chi connectivity index (χ2v) is 7.64. The van der Waals surface area contributed by atoms with Gasteiger partial charge in [-0.2, -0.15) is 0 Å². The highest BCUT2D eigenvalue weighted by molar-refractivity contribution is 5.79. The summed E-state index contributed by atoms with van der Waals surface area (Å²) >= 11 is 0. The van der Waals surface area contributed by atoms with Crippen molar-refractivity contribution in [3.63, 3.8) is 0 Å². The molecule has 136 valence electrons. The zero-order chi connectivity index (χ0) is 16.4. The average Bonchev–Trinajstić information content (AvgIpc) is 3.08. The van der Waals surface area contributed by atoms with Crippen LogP contribution in [0.4, 0.5) is 0 Å². The van der Waals surface area contributed by atoms with Crippen molar-refractivity contribution < 1.29 is 19.0 Å².